The number of halogens is 1. The van der Waals surface area contributed by atoms with Crippen LogP contribution in [-0.4, -0.2) is 27.8 Å². The van der Waals surface area contributed by atoms with Gasteiger partial charge in [-0.3, -0.25) is 9.48 Å². The molecule has 0 atom stereocenters. The molecule has 0 aliphatic carbocycles. The second-order valence-corrected chi connectivity index (χ2v) is 5.28. The molecule has 23 heavy (non-hydrogen) atoms. The van der Waals surface area contributed by atoms with Gasteiger partial charge in [-0.1, -0.05) is 18.5 Å². The van der Waals surface area contributed by atoms with Gasteiger partial charge >= 0.3 is 0 Å². The molecule has 1 N–H and O–H groups in total. The smallest absolute Gasteiger partial charge is 0.260 e. The molecule has 7 nitrogen and oxygen atoms in total. The van der Waals surface area contributed by atoms with Gasteiger partial charge in [0.1, 0.15) is 16.6 Å². The summed E-state index contributed by atoms with van der Waals surface area (Å²) >= 11 is 6.02. The highest BCUT2D eigenvalue weighted by Crippen LogP contribution is 2.30. The minimum absolute atomic E-state index is 0.352. The number of aromatic nitrogens is 3. The summed E-state index contributed by atoms with van der Waals surface area (Å²) in [5.74, 6) is 1.15. The number of nitrogens with zero attached hydrogens (tertiary/aromatic N) is 3. The lowest BCUT2D eigenvalue weighted by molar-refractivity contribution is 0.102. The Morgan fingerprint density at radius 1 is 1.48 bits per heavy atom. The molecule has 3 rings (SSSR count). The van der Waals surface area contributed by atoms with Crippen LogP contribution in [0.3, 0.4) is 0 Å². The molecule has 2 heterocycles. The Kier molecular flexibility index (Phi) is 3.96. The van der Waals surface area contributed by atoms with E-state index in [-0.39, 0.29) is 5.91 Å². The van der Waals surface area contributed by atoms with Crippen molar-refractivity contribution in [1.29, 1.82) is 0 Å². The number of hydrogen-bond donors (Lipinski definition) is 1. The van der Waals surface area contributed by atoms with Crippen molar-refractivity contribution in [2.24, 2.45) is 7.05 Å². The number of oxazole rings is 1. The number of rotatable bonds is 4. The summed E-state index contributed by atoms with van der Waals surface area (Å²) in [6, 6.07) is 3.31. The molecule has 8 heteroatoms. The van der Waals surface area contributed by atoms with Crippen LogP contribution in [0.1, 0.15) is 23.2 Å². The molecule has 0 aliphatic heterocycles. The zero-order valence-corrected chi connectivity index (χ0v) is 13.6. The van der Waals surface area contributed by atoms with Crippen LogP contribution in [0.25, 0.3) is 11.1 Å². The van der Waals surface area contributed by atoms with Gasteiger partial charge in [0, 0.05) is 13.5 Å². The zero-order chi connectivity index (χ0) is 16.6. The summed E-state index contributed by atoms with van der Waals surface area (Å²) in [7, 11) is 3.24. The van der Waals surface area contributed by atoms with E-state index < -0.39 is 0 Å². The molecule has 0 fully saturated rings. The molecule has 3 aromatic rings. The minimum Gasteiger partial charge on any atom is -0.494 e. The first kappa shape index (κ1) is 15.4. The van der Waals surface area contributed by atoms with Gasteiger partial charge in [0.15, 0.2) is 17.0 Å². The van der Waals surface area contributed by atoms with Gasteiger partial charge in [-0.25, -0.2) is 4.98 Å². The number of carbonyl (C=O) groups excluding carboxylic acids is 1. The van der Waals surface area contributed by atoms with Crippen molar-refractivity contribution in [3.8, 4) is 5.75 Å². The first-order valence-corrected chi connectivity index (χ1v) is 7.38. The van der Waals surface area contributed by atoms with Crippen LogP contribution in [0, 0.1) is 0 Å². The third-order valence-corrected chi connectivity index (χ3v) is 3.72. The summed E-state index contributed by atoms with van der Waals surface area (Å²) in [4.78, 5) is 17.0. The number of hydrogen-bond acceptors (Lipinski definition) is 5. The molecule has 0 radical (unpaired) electrons. The molecule has 1 amide bonds. The lowest BCUT2D eigenvalue weighted by Crippen LogP contribution is -2.15. The van der Waals surface area contributed by atoms with Crippen molar-refractivity contribution in [2.45, 2.75) is 13.3 Å². The quantitative estimate of drug-likeness (QED) is 0.793. The largest absolute Gasteiger partial charge is 0.494 e. The maximum absolute atomic E-state index is 12.6. The predicted octanol–water partition coefficient (Wildman–Crippen LogP) is 3.04. The van der Waals surface area contributed by atoms with Crippen molar-refractivity contribution in [2.75, 3.05) is 12.4 Å². The normalized spacial score (nSPS) is 11.0. The fraction of sp³-hybridized carbons (Fsp3) is 0.267. The number of aryl methyl sites for hydroxylation is 2. The van der Waals surface area contributed by atoms with Crippen LogP contribution in [0.5, 0.6) is 5.75 Å². The van der Waals surface area contributed by atoms with Crippen molar-refractivity contribution in [3.05, 3.63) is 34.8 Å². The van der Waals surface area contributed by atoms with Gasteiger partial charge in [-0.05, 0) is 12.1 Å². The molecule has 120 valence electrons. The summed E-state index contributed by atoms with van der Waals surface area (Å²) in [6.45, 7) is 1.92. The van der Waals surface area contributed by atoms with E-state index in [1.165, 1.54) is 10.9 Å². The number of benzene rings is 1. The van der Waals surface area contributed by atoms with Gasteiger partial charge in [-0.2, -0.15) is 5.10 Å². The molecule has 0 aliphatic rings. The fourth-order valence-electron chi connectivity index (χ4n) is 2.25. The SMILES string of the molecule is CCc1nc2c(OC)ccc(C(=O)Nc3c(Cl)cnn3C)c2o1. The van der Waals surface area contributed by atoms with Gasteiger partial charge in [0.2, 0.25) is 0 Å². The van der Waals surface area contributed by atoms with Crippen LogP contribution in [0.15, 0.2) is 22.7 Å². The molecule has 2 aromatic heterocycles. The standard InChI is InChI=1S/C15H15ClN4O3/c1-4-11-18-12-10(22-3)6-5-8(13(12)23-11)15(21)19-14-9(16)7-17-20(14)2/h5-7H,4H2,1-3H3,(H,19,21). The highest BCUT2D eigenvalue weighted by molar-refractivity contribution is 6.33. The lowest BCUT2D eigenvalue weighted by Gasteiger charge is -2.07. The Balaban J connectivity index is 2.05. The van der Waals surface area contributed by atoms with Crippen LogP contribution >= 0.6 is 11.6 Å². The van der Waals surface area contributed by atoms with Gasteiger partial charge < -0.3 is 14.5 Å². The molecule has 0 saturated heterocycles. The summed E-state index contributed by atoms with van der Waals surface area (Å²) in [6.07, 6.45) is 2.08. The average Bonchev–Trinajstić information content (AvgIpc) is 3.12. The Morgan fingerprint density at radius 3 is 2.87 bits per heavy atom. The first-order valence-electron chi connectivity index (χ1n) is 7.00. The number of fused-ring (bicyclic) bond motifs is 1. The maximum Gasteiger partial charge on any atom is 0.260 e. The Bertz CT molecular complexity index is 865. The van der Waals surface area contributed by atoms with Crippen LogP contribution in [0.2, 0.25) is 5.02 Å². The Labute approximate surface area is 137 Å². The number of anilines is 1. The monoisotopic (exact) mass is 334 g/mol. The Morgan fingerprint density at radius 2 is 2.26 bits per heavy atom. The summed E-state index contributed by atoms with van der Waals surface area (Å²) in [5.41, 5.74) is 1.26. The minimum atomic E-state index is -0.359. The number of carbonyl (C=O) groups is 1. The van der Waals surface area contributed by atoms with Crippen LogP contribution in [-0.2, 0) is 13.5 Å². The van der Waals surface area contributed by atoms with Gasteiger partial charge in [0.25, 0.3) is 5.91 Å². The van der Waals surface area contributed by atoms with Gasteiger partial charge in [-0.15, -0.1) is 0 Å². The van der Waals surface area contributed by atoms with Crippen molar-refractivity contribution >= 4 is 34.4 Å². The Hall–Kier alpha value is -2.54. The average molecular weight is 335 g/mol. The third kappa shape index (κ3) is 2.63. The molecule has 0 spiro atoms. The molecule has 0 unspecified atom stereocenters. The van der Waals surface area contributed by atoms with E-state index in [1.807, 2.05) is 6.92 Å². The third-order valence-electron chi connectivity index (χ3n) is 3.44. The van der Waals surface area contributed by atoms with E-state index >= 15 is 0 Å². The van der Waals surface area contributed by atoms with E-state index in [0.29, 0.717) is 45.6 Å². The molecule has 0 saturated carbocycles. The van der Waals surface area contributed by atoms with Crippen LogP contribution in [0.4, 0.5) is 5.82 Å². The highest BCUT2D eigenvalue weighted by Gasteiger charge is 2.20. The molecule has 0 bridgehead atoms. The number of ether oxygens (including phenoxy) is 1. The van der Waals surface area contributed by atoms with Crippen molar-refractivity contribution in [3.63, 3.8) is 0 Å². The van der Waals surface area contributed by atoms with E-state index in [1.54, 1.807) is 26.3 Å². The number of methoxy groups -OCH3 is 1. The maximum atomic E-state index is 12.6. The van der Waals surface area contributed by atoms with E-state index in [9.17, 15) is 4.79 Å². The van der Waals surface area contributed by atoms with Crippen LogP contribution < -0.4 is 10.1 Å². The number of amides is 1. The number of nitrogens with one attached hydrogen (secondary N) is 1. The molecular formula is C15H15ClN4O3. The second kappa shape index (κ2) is 5.92. The van der Waals surface area contributed by atoms with E-state index in [2.05, 4.69) is 15.4 Å². The topological polar surface area (TPSA) is 82.2 Å². The van der Waals surface area contributed by atoms with E-state index in [4.69, 9.17) is 20.8 Å². The fourth-order valence-corrected chi connectivity index (χ4v) is 2.46. The summed E-state index contributed by atoms with van der Waals surface area (Å²) in [5, 5.41) is 7.08. The molecule has 1 aromatic carbocycles. The zero-order valence-electron chi connectivity index (χ0n) is 12.9. The highest BCUT2D eigenvalue weighted by atomic mass is 35.5. The van der Waals surface area contributed by atoms with Crippen molar-refractivity contribution in [1.82, 2.24) is 14.8 Å². The van der Waals surface area contributed by atoms with E-state index in [0.717, 1.165) is 0 Å². The molecular weight excluding hydrogens is 320 g/mol. The second-order valence-electron chi connectivity index (χ2n) is 4.87. The predicted molar refractivity (Wildman–Crippen MR) is 86.1 cm³/mol. The van der Waals surface area contributed by atoms with Crippen molar-refractivity contribution < 1.29 is 13.9 Å². The lowest BCUT2D eigenvalue weighted by atomic mass is 10.1. The first-order chi connectivity index (χ1) is 11.0. The van der Waals surface area contributed by atoms with Gasteiger partial charge in [0.05, 0.1) is 18.9 Å². The summed E-state index contributed by atoms with van der Waals surface area (Å²) < 4.78 is 12.4.